The van der Waals surface area contributed by atoms with Crippen LogP contribution < -0.4 is 0 Å². The molecule has 6 aromatic rings. The Kier molecular flexibility index (Phi) is 7.39. The van der Waals surface area contributed by atoms with Gasteiger partial charge in [0.25, 0.3) is 0 Å². The van der Waals surface area contributed by atoms with Crippen molar-refractivity contribution in [3.05, 3.63) is 92.9 Å². The topological polar surface area (TPSA) is 68.0 Å². The normalized spacial score (nSPS) is 14.2. The number of aromatic carboxylic acids is 1. The first kappa shape index (κ1) is 28.0. The number of pyridine rings is 1. The number of carbonyl (C=O) groups is 1. The van der Waals surface area contributed by atoms with Crippen molar-refractivity contribution in [3.8, 4) is 21.8 Å². The third-order valence-electron chi connectivity index (χ3n) is 8.84. The summed E-state index contributed by atoms with van der Waals surface area (Å²) in [6, 6.07) is 21.6. The predicted octanol–water partition coefficient (Wildman–Crippen LogP) is 10.0. The Labute approximate surface area is 259 Å². The number of nitrogens with zero attached hydrogens (tertiary/aromatic N) is 3. The molecule has 1 fully saturated rings. The fourth-order valence-electron chi connectivity index (χ4n) is 6.80. The van der Waals surface area contributed by atoms with Crippen molar-refractivity contribution in [2.24, 2.45) is 0 Å². The molecular weight excluding hydrogens is 571 g/mol. The molecule has 7 heteroatoms. The number of carboxylic acid groups (broad SMARTS) is 1. The maximum atomic E-state index is 12.2. The highest BCUT2D eigenvalue weighted by Gasteiger charge is 2.29. The van der Waals surface area contributed by atoms with E-state index in [0.717, 1.165) is 61.7 Å². The molecule has 5 nitrogen and oxygen atoms in total. The maximum absolute atomic E-state index is 12.2. The summed E-state index contributed by atoms with van der Waals surface area (Å²) in [6.45, 7) is 6.97. The lowest BCUT2D eigenvalue weighted by Gasteiger charge is -2.24. The number of rotatable bonds is 7. The van der Waals surface area contributed by atoms with E-state index < -0.39 is 5.97 Å². The molecule has 0 radical (unpaired) electrons. The van der Waals surface area contributed by atoms with Crippen molar-refractivity contribution in [1.82, 2.24) is 14.5 Å². The van der Waals surface area contributed by atoms with Crippen LogP contribution in [0.25, 0.3) is 42.9 Å². The summed E-state index contributed by atoms with van der Waals surface area (Å²) >= 11 is 3.13. The second kappa shape index (κ2) is 11.4. The standard InChI is InChI=1S/C36H35N3O2S2/c1-4-23-9-8-10-24(17-23)20-39-30-19-31(36(40)41)43-35(30)32(25-11-6-5-7-12-25)33(39)27-14-15-28-26(18-27)13-16-29(38-28)34-21(2)37-22(3)42-34/h8-10,13-19,25H,4-7,11-12,20H2,1-3H3,(H,40,41). The molecule has 0 saturated heterocycles. The first-order chi connectivity index (χ1) is 20.9. The number of hydrogen-bond acceptors (Lipinski definition) is 5. The minimum absolute atomic E-state index is 0.411. The number of thiazole rings is 1. The van der Waals surface area contributed by atoms with Crippen LogP contribution in [0, 0.1) is 13.8 Å². The van der Waals surface area contributed by atoms with Crippen LogP contribution in [0.1, 0.15) is 82.0 Å². The molecule has 4 heterocycles. The first-order valence-corrected chi connectivity index (χ1v) is 16.9. The van der Waals surface area contributed by atoms with Gasteiger partial charge in [-0.1, -0.05) is 62.6 Å². The fourth-order valence-corrected chi connectivity index (χ4v) is 8.81. The molecule has 2 aromatic carbocycles. The molecule has 0 amide bonds. The third-order valence-corrected chi connectivity index (χ3v) is 11.1. The van der Waals surface area contributed by atoms with E-state index in [0.29, 0.717) is 17.3 Å². The van der Waals surface area contributed by atoms with E-state index in [1.165, 1.54) is 58.5 Å². The van der Waals surface area contributed by atoms with Crippen LogP contribution in [0.15, 0.2) is 60.7 Å². The Bertz CT molecular complexity index is 1990. The number of benzene rings is 2. The highest BCUT2D eigenvalue weighted by Crippen LogP contribution is 2.47. The molecule has 0 aliphatic heterocycles. The zero-order chi connectivity index (χ0) is 29.7. The molecule has 43 heavy (non-hydrogen) atoms. The molecule has 1 saturated carbocycles. The summed E-state index contributed by atoms with van der Waals surface area (Å²) in [5, 5.41) is 12.1. The third kappa shape index (κ3) is 5.19. The van der Waals surface area contributed by atoms with Gasteiger partial charge in [0.05, 0.1) is 42.7 Å². The minimum atomic E-state index is -0.851. The maximum Gasteiger partial charge on any atom is 0.345 e. The van der Waals surface area contributed by atoms with Crippen LogP contribution >= 0.6 is 22.7 Å². The largest absolute Gasteiger partial charge is 0.477 e. The van der Waals surface area contributed by atoms with E-state index in [-0.39, 0.29) is 0 Å². The van der Waals surface area contributed by atoms with Crippen LogP contribution in [0.3, 0.4) is 0 Å². The summed E-state index contributed by atoms with van der Waals surface area (Å²) in [5.41, 5.74) is 10.3. The summed E-state index contributed by atoms with van der Waals surface area (Å²) in [7, 11) is 0. The van der Waals surface area contributed by atoms with Crippen molar-refractivity contribution in [1.29, 1.82) is 0 Å². The molecule has 1 N–H and O–H groups in total. The van der Waals surface area contributed by atoms with Crippen molar-refractivity contribution < 1.29 is 9.90 Å². The van der Waals surface area contributed by atoms with Crippen LogP contribution in [0.5, 0.6) is 0 Å². The Morgan fingerprint density at radius 3 is 2.51 bits per heavy atom. The SMILES string of the molecule is CCc1cccc(Cn2c(-c3ccc4nc(-c5sc(C)nc5C)ccc4c3)c(C3CCCCC3)c3sc(C(=O)O)cc32)c1. The molecule has 7 rings (SSSR count). The van der Waals surface area contributed by atoms with Crippen molar-refractivity contribution >= 4 is 49.8 Å². The van der Waals surface area contributed by atoms with E-state index in [4.69, 9.17) is 4.98 Å². The van der Waals surface area contributed by atoms with Gasteiger partial charge in [0.2, 0.25) is 0 Å². The number of aromatic nitrogens is 3. The summed E-state index contributed by atoms with van der Waals surface area (Å²) < 4.78 is 3.53. The molecule has 0 unspecified atom stereocenters. The van der Waals surface area contributed by atoms with E-state index in [1.54, 1.807) is 11.3 Å². The number of fused-ring (bicyclic) bond motifs is 2. The summed E-state index contributed by atoms with van der Waals surface area (Å²) in [5.74, 6) is -0.431. The van der Waals surface area contributed by atoms with Crippen LogP contribution in [-0.2, 0) is 13.0 Å². The molecule has 1 aliphatic carbocycles. The second-order valence-corrected chi connectivity index (χ2v) is 14.0. The van der Waals surface area contributed by atoms with Gasteiger partial charge in [-0.25, -0.2) is 14.8 Å². The lowest BCUT2D eigenvalue weighted by Crippen LogP contribution is -2.08. The zero-order valence-corrected chi connectivity index (χ0v) is 26.4. The quantitative estimate of drug-likeness (QED) is 0.197. The molecule has 218 valence electrons. The number of aryl methyl sites for hydroxylation is 3. The lowest BCUT2D eigenvalue weighted by atomic mass is 9.83. The van der Waals surface area contributed by atoms with Crippen molar-refractivity contribution in [3.63, 3.8) is 0 Å². The Morgan fingerprint density at radius 1 is 0.953 bits per heavy atom. The van der Waals surface area contributed by atoms with Gasteiger partial charge in [0.1, 0.15) is 4.88 Å². The lowest BCUT2D eigenvalue weighted by molar-refractivity contribution is 0.0702. The van der Waals surface area contributed by atoms with Crippen molar-refractivity contribution in [2.75, 3.05) is 0 Å². The number of hydrogen-bond donors (Lipinski definition) is 1. The molecular formula is C36H35N3O2S2. The fraction of sp³-hybridized carbons (Fsp3) is 0.306. The Morgan fingerprint density at radius 2 is 1.77 bits per heavy atom. The molecule has 4 aromatic heterocycles. The number of thiophene rings is 1. The van der Waals surface area contributed by atoms with Crippen LogP contribution in [-0.4, -0.2) is 25.6 Å². The van der Waals surface area contributed by atoms with Gasteiger partial charge in [0, 0.05) is 11.9 Å². The molecule has 0 spiro atoms. The molecule has 1 aliphatic rings. The average molecular weight is 606 g/mol. The Hall–Kier alpha value is -3.81. The van der Waals surface area contributed by atoms with E-state index >= 15 is 0 Å². The smallest absolute Gasteiger partial charge is 0.345 e. The van der Waals surface area contributed by atoms with E-state index in [1.807, 2.05) is 19.9 Å². The van der Waals surface area contributed by atoms with Gasteiger partial charge >= 0.3 is 5.97 Å². The second-order valence-electron chi connectivity index (χ2n) is 11.7. The predicted molar refractivity (Wildman–Crippen MR) is 179 cm³/mol. The summed E-state index contributed by atoms with van der Waals surface area (Å²) in [4.78, 5) is 23.3. The van der Waals surface area contributed by atoms with E-state index in [2.05, 4.69) is 71.1 Å². The molecule has 0 atom stereocenters. The van der Waals surface area contributed by atoms with E-state index in [9.17, 15) is 9.90 Å². The number of carboxylic acids is 1. The minimum Gasteiger partial charge on any atom is -0.477 e. The highest BCUT2D eigenvalue weighted by atomic mass is 32.1. The van der Waals surface area contributed by atoms with Crippen LogP contribution in [0.2, 0.25) is 0 Å². The van der Waals surface area contributed by atoms with Gasteiger partial charge in [-0.2, -0.15) is 0 Å². The first-order valence-electron chi connectivity index (χ1n) is 15.2. The summed E-state index contributed by atoms with van der Waals surface area (Å²) in [6.07, 6.45) is 6.97. The van der Waals surface area contributed by atoms with Gasteiger partial charge < -0.3 is 9.67 Å². The molecule has 0 bridgehead atoms. The Balaban J connectivity index is 1.43. The van der Waals surface area contributed by atoms with Gasteiger partial charge in [-0.15, -0.1) is 22.7 Å². The zero-order valence-electron chi connectivity index (χ0n) is 24.8. The van der Waals surface area contributed by atoms with Gasteiger partial charge in [-0.05, 0) is 85.5 Å². The van der Waals surface area contributed by atoms with Gasteiger partial charge in [0.15, 0.2) is 0 Å². The highest BCUT2D eigenvalue weighted by molar-refractivity contribution is 7.21. The average Bonchev–Trinajstić information content (AvgIpc) is 3.69. The monoisotopic (exact) mass is 605 g/mol. The van der Waals surface area contributed by atoms with Crippen molar-refractivity contribution in [2.45, 2.75) is 71.8 Å². The van der Waals surface area contributed by atoms with Gasteiger partial charge in [-0.3, -0.25) is 0 Å². The van der Waals surface area contributed by atoms with Crippen LogP contribution in [0.4, 0.5) is 0 Å².